The standard InChI is InChI=1S/C12H16FNO2/c1-9-7-10(3-4-11(9)13)8-14(2)12(16)5-6-15/h3-4,7,15H,5-6,8H2,1-2H3. The maximum absolute atomic E-state index is 13.0. The van der Waals surface area contributed by atoms with Gasteiger partial charge in [0.25, 0.3) is 0 Å². The van der Waals surface area contributed by atoms with Gasteiger partial charge in [0, 0.05) is 20.0 Å². The highest BCUT2D eigenvalue weighted by atomic mass is 19.1. The molecule has 0 aromatic heterocycles. The smallest absolute Gasteiger partial charge is 0.224 e. The second-order valence-corrected chi connectivity index (χ2v) is 3.81. The number of aliphatic hydroxyl groups excluding tert-OH is 1. The van der Waals surface area contributed by atoms with Crippen molar-refractivity contribution in [2.45, 2.75) is 19.9 Å². The van der Waals surface area contributed by atoms with E-state index in [1.54, 1.807) is 26.1 Å². The lowest BCUT2D eigenvalue weighted by Gasteiger charge is -2.17. The van der Waals surface area contributed by atoms with Gasteiger partial charge in [-0.3, -0.25) is 4.79 Å². The molecule has 0 aliphatic heterocycles. The Labute approximate surface area is 94.5 Å². The van der Waals surface area contributed by atoms with Crippen LogP contribution in [0.25, 0.3) is 0 Å². The highest BCUT2D eigenvalue weighted by Gasteiger charge is 2.08. The SMILES string of the molecule is Cc1cc(CN(C)C(=O)CCO)ccc1F. The third-order valence-corrected chi connectivity index (χ3v) is 2.39. The molecule has 0 unspecified atom stereocenters. The normalized spacial score (nSPS) is 10.2. The fourth-order valence-corrected chi connectivity index (χ4v) is 1.45. The number of aliphatic hydroxyl groups is 1. The maximum atomic E-state index is 13.0. The fraction of sp³-hybridized carbons (Fsp3) is 0.417. The molecule has 0 saturated carbocycles. The summed E-state index contributed by atoms with van der Waals surface area (Å²) in [6.45, 7) is 1.97. The van der Waals surface area contributed by atoms with Crippen LogP contribution in [0.4, 0.5) is 4.39 Å². The van der Waals surface area contributed by atoms with Crippen LogP contribution in [0, 0.1) is 12.7 Å². The Bertz CT molecular complexity index is 379. The molecule has 0 aliphatic carbocycles. The summed E-state index contributed by atoms with van der Waals surface area (Å²) >= 11 is 0. The minimum Gasteiger partial charge on any atom is -0.396 e. The van der Waals surface area contributed by atoms with Crippen LogP contribution in [0.2, 0.25) is 0 Å². The third-order valence-electron chi connectivity index (χ3n) is 2.39. The van der Waals surface area contributed by atoms with Gasteiger partial charge in [-0.25, -0.2) is 4.39 Å². The number of nitrogens with zero attached hydrogens (tertiary/aromatic N) is 1. The Morgan fingerprint density at radius 3 is 2.75 bits per heavy atom. The monoisotopic (exact) mass is 225 g/mol. The summed E-state index contributed by atoms with van der Waals surface area (Å²) in [7, 11) is 1.66. The Kier molecular flexibility index (Phi) is 4.43. The van der Waals surface area contributed by atoms with Crippen molar-refractivity contribution in [2.75, 3.05) is 13.7 Å². The van der Waals surface area contributed by atoms with Crippen molar-refractivity contribution in [1.29, 1.82) is 0 Å². The first-order valence-electron chi connectivity index (χ1n) is 5.14. The lowest BCUT2D eigenvalue weighted by molar-refractivity contribution is -0.131. The molecule has 0 fully saturated rings. The van der Waals surface area contributed by atoms with E-state index in [1.165, 1.54) is 11.0 Å². The number of carbonyl (C=O) groups is 1. The zero-order chi connectivity index (χ0) is 12.1. The summed E-state index contributed by atoms with van der Waals surface area (Å²) in [4.78, 5) is 12.9. The molecule has 88 valence electrons. The molecule has 1 amide bonds. The van der Waals surface area contributed by atoms with Crippen LogP contribution in [-0.4, -0.2) is 29.6 Å². The Hall–Kier alpha value is -1.42. The Morgan fingerprint density at radius 1 is 1.50 bits per heavy atom. The molecule has 16 heavy (non-hydrogen) atoms. The van der Waals surface area contributed by atoms with Crippen LogP contribution < -0.4 is 0 Å². The molecule has 1 N–H and O–H groups in total. The van der Waals surface area contributed by atoms with Crippen molar-refractivity contribution >= 4 is 5.91 Å². The summed E-state index contributed by atoms with van der Waals surface area (Å²) in [5, 5.41) is 8.64. The van der Waals surface area contributed by atoms with E-state index >= 15 is 0 Å². The van der Waals surface area contributed by atoms with Crippen LogP contribution in [0.1, 0.15) is 17.5 Å². The number of halogens is 1. The quantitative estimate of drug-likeness (QED) is 0.843. The van der Waals surface area contributed by atoms with Crippen LogP contribution in [0.5, 0.6) is 0 Å². The highest BCUT2D eigenvalue weighted by molar-refractivity contribution is 5.75. The second-order valence-electron chi connectivity index (χ2n) is 3.81. The molecule has 0 saturated heterocycles. The number of hydrogen-bond donors (Lipinski definition) is 1. The van der Waals surface area contributed by atoms with Gasteiger partial charge in [0.2, 0.25) is 5.91 Å². The number of carbonyl (C=O) groups excluding carboxylic acids is 1. The zero-order valence-electron chi connectivity index (χ0n) is 9.53. The summed E-state index contributed by atoms with van der Waals surface area (Å²) in [5.74, 6) is -0.363. The molecular formula is C12H16FNO2. The Balaban J connectivity index is 2.66. The van der Waals surface area contributed by atoms with Crippen molar-refractivity contribution in [1.82, 2.24) is 4.90 Å². The molecule has 4 heteroatoms. The minimum atomic E-state index is -0.243. The molecule has 3 nitrogen and oxygen atoms in total. The first-order valence-corrected chi connectivity index (χ1v) is 5.14. The van der Waals surface area contributed by atoms with Gasteiger partial charge >= 0.3 is 0 Å². The highest BCUT2D eigenvalue weighted by Crippen LogP contribution is 2.11. The average Bonchev–Trinajstić information content (AvgIpc) is 2.24. The first kappa shape index (κ1) is 12.6. The molecule has 1 rings (SSSR count). The van der Waals surface area contributed by atoms with Gasteiger partial charge in [-0.15, -0.1) is 0 Å². The van der Waals surface area contributed by atoms with Gasteiger partial charge < -0.3 is 10.0 Å². The second kappa shape index (κ2) is 5.61. The fourth-order valence-electron chi connectivity index (χ4n) is 1.45. The molecule has 1 aromatic carbocycles. The number of benzene rings is 1. The third kappa shape index (κ3) is 3.31. The van der Waals surface area contributed by atoms with E-state index < -0.39 is 0 Å². The summed E-state index contributed by atoms with van der Waals surface area (Å²) in [5.41, 5.74) is 1.45. The van der Waals surface area contributed by atoms with Crippen LogP contribution >= 0.6 is 0 Å². The molecule has 0 aliphatic rings. The van der Waals surface area contributed by atoms with Gasteiger partial charge in [-0.05, 0) is 24.1 Å². The molecule has 1 aromatic rings. The van der Waals surface area contributed by atoms with Gasteiger partial charge in [0.05, 0.1) is 6.61 Å². The minimum absolute atomic E-state index is 0.121. The van der Waals surface area contributed by atoms with E-state index in [0.29, 0.717) is 12.1 Å². The first-order chi connectivity index (χ1) is 7.54. The number of rotatable bonds is 4. The molecule has 0 bridgehead atoms. The molecule has 0 spiro atoms. The number of amides is 1. The van der Waals surface area contributed by atoms with Crippen LogP contribution in [0.15, 0.2) is 18.2 Å². The van der Waals surface area contributed by atoms with Gasteiger partial charge in [-0.1, -0.05) is 12.1 Å². The predicted molar refractivity (Wildman–Crippen MR) is 59.3 cm³/mol. The molecule has 0 radical (unpaired) electrons. The van der Waals surface area contributed by atoms with Crippen LogP contribution in [-0.2, 0) is 11.3 Å². The van der Waals surface area contributed by atoms with Crippen molar-refractivity contribution < 1.29 is 14.3 Å². The average molecular weight is 225 g/mol. The van der Waals surface area contributed by atoms with E-state index in [1.807, 2.05) is 0 Å². The van der Waals surface area contributed by atoms with Crippen molar-refractivity contribution in [3.8, 4) is 0 Å². The predicted octanol–water partition coefficient (Wildman–Crippen LogP) is 1.47. The van der Waals surface area contributed by atoms with E-state index in [4.69, 9.17) is 5.11 Å². The maximum Gasteiger partial charge on any atom is 0.224 e. The van der Waals surface area contributed by atoms with E-state index in [2.05, 4.69) is 0 Å². The van der Waals surface area contributed by atoms with Gasteiger partial charge in [0.1, 0.15) is 5.82 Å². The van der Waals surface area contributed by atoms with E-state index in [9.17, 15) is 9.18 Å². The summed E-state index contributed by atoms with van der Waals surface area (Å²) in [6.07, 6.45) is 0.122. The van der Waals surface area contributed by atoms with Gasteiger partial charge in [0.15, 0.2) is 0 Å². The topological polar surface area (TPSA) is 40.5 Å². The lowest BCUT2D eigenvalue weighted by Crippen LogP contribution is -2.26. The number of aryl methyl sites for hydroxylation is 1. The van der Waals surface area contributed by atoms with Crippen molar-refractivity contribution in [3.05, 3.63) is 35.1 Å². The number of hydrogen-bond acceptors (Lipinski definition) is 2. The van der Waals surface area contributed by atoms with Crippen LogP contribution in [0.3, 0.4) is 0 Å². The summed E-state index contributed by atoms with van der Waals surface area (Å²) in [6, 6.07) is 4.78. The van der Waals surface area contributed by atoms with E-state index in [0.717, 1.165) is 5.56 Å². The van der Waals surface area contributed by atoms with Crippen molar-refractivity contribution in [2.24, 2.45) is 0 Å². The van der Waals surface area contributed by atoms with E-state index in [-0.39, 0.29) is 24.8 Å². The van der Waals surface area contributed by atoms with Gasteiger partial charge in [-0.2, -0.15) is 0 Å². The Morgan fingerprint density at radius 2 is 2.19 bits per heavy atom. The largest absolute Gasteiger partial charge is 0.396 e. The molecule has 0 heterocycles. The molecule has 0 atom stereocenters. The van der Waals surface area contributed by atoms with Crippen molar-refractivity contribution in [3.63, 3.8) is 0 Å². The zero-order valence-corrected chi connectivity index (χ0v) is 9.53. The summed E-state index contributed by atoms with van der Waals surface area (Å²) < 4.78 is 13.0. The lowest BCUT2D eigenvalue weighted by atomic mass is 10.1. The molecular weight excluding hydrogens is 209 g/mol.